The van der Waals surface area contributed by atoms with Gasteiger partial charge in [-0.2, -0.15) is 0 Å². The van der Waals surface area contributed by atoms with Crippen molar-refractivity contribution in [2.75, 3.05) is 13.1 Å². The molecule has 2 rings (SSSR count). The van der Waals surface area contributed by atoms with Gasteiger partial charge in [0.05, 0.1) is 0 Å². The molecular formula is C10H17NO. The Morgan fingerprint density at radius 3 is 2.25 bits per heavy atom. The van der Waals surface area contributed by atoms with E-state index in [1.54, 1.807) is 0 Å². The molecule has 0 spiro atoms. The van der Waals surface area contributed by atoms with Gasteiger partial charge in [-0.3, -0.25) is 4.79 Å². The Balaban J connectivity index is 1.85. The Morgan fingerprint density at radius 1 is 1.42 bits per heavy atom. The molecule has 0 aromatic heterocycles. The van der Waals surface area contributed by atoms with Gasteiger partial charge in [-0.25, -0.2) is 0 Å². The Kier molecular flexibility index (Phi) is 1.51. The highest BCUT2D eigenvalue weighted by atomic mass is 16.2. The molecular weight excluding hydrogens is 150 g/mol. The van der Waals surface area contributed by atoms with Crippen LogP contribution in [0.2, 0.25) is 0 Å². The van der Waals surface area contributed by atoms with Gasteiger partial charge in [0.15, 0.2) is 0 Å². The van der Waals surface area contributed by atoms with Gasteiger partial charge < -0.3 is 4.90 Å². The molecule has 1 saturated carbocycles. The lowest BCUT2D eigenvalue weighted by atomic mass is 9.84. The fourth-order valence-corrected chi connectivity index (χ4v) is 2.04. The first-order valence-electron chi connectivity index (χ1n) is 4.78. The summed E-state index contributed by atoms with van der Waals surface area (Å²) in [4.78, 5) is 13.6. The summed E-state index contributed by atoms with van der Waals surface area (Å²) >= 11 is 0. The van der Waals surface area contributed by atoms with E-state index in [1.807, 2.05) is 4.90 Å². The van der Waals surface area contributed by atoms with E-state index in [0.717, 1.165) is 19.5 Å². The fraction of sp³-hybridized carbons (Fsp3) is 0.900. The van der Waals surface area contributed by atoms with Crippen molar-refractivity contribution in [1.82, 2.24) is 4.90 Å². The molecule has 2 atom stereocenters. The van der Waals surface area contributed by atoms with Crippen molar-refractivity contribution in [3.05, 3.63) is 0 Å². The predicted molar refractivity (Wildman–Crippen MR) is 47.6 cm³/mol. The van der Waals surface area contributed by atoms with E-state index in [4.69, 9.17) is 0 Å². The maximum Gasteiger partial charge on any atom is 0.225 e. The van der Waals surface area contributed by atoms with Gasteiger partial charge in [-0.15, -0.1) is 0 Å². The molecule has 68 valence electrons. The molecule has 12 heavy (non-hydrogen) atoms. The highest BCUT2D eigenvalue weighted by Crippen LogP contribution is 2.41. The highest BCUT2D eigenvalue weighted by molar-refractivity contribution is 5.82. The Labute approximate surface area is 73.9 Å². The average Bonchev–Trinajstić information content (AvgIpc) is 2.60. The smallest absolute Gasteiger partial charge is 0.225 e. The fourth-order valence-electron chi connectivity index (χ4n) is 2.04. The number of carbonyl (C=O) groups is 1. The van der Waals surface area contributed by atoms with Gasteiger partial charge in [0.1, 0.15) is 0 Å². The minimum absolute atomic E-state index is 0.376. The van der Waals surface area contributed by atoms with Crippen molar-refractivity contribution in [1.29, 1.82) is 0 Å². The van der Waals surface area contributed by atoms with E-state index in [0.29, 0.717) is 23.2 Å². The summed E-state index contributed by atoms with van der Waals surface area (Å²) in [7, 11) is 0. The first-order valence-corrected chi connectivity index (χ1v) is 4.78. The maximum absolute atomic E-state index is 11.6. The van der Waals surface area contributed by atoms with E-state index >= 15 is 0 Å². The van der Waals surface area contributed by atoms with Gasteiger partial charge in [-0.1, -0.05) is 20.8 Å². The minimum Gasteiger partial charge on any atom is -0.341 e. The van der Waals surface area contributed by atoms with Crippen LogP contribution in [0.5, 0.6) is 0 Å². The van der Waals surface area contributed by atoms with Crippen molar-refractivity contribution in [2.24, 2.45) is 17.3 Å². The summed E-state index contributed by atoms with van der Waals surface area (Å²) < 4.78 is 0. The predicted octanol–water partition coefficient (Wildman–Crippen LogP) is 1.51. The molecule has 1 heterocycles. The molecule has 0 unspecified atom stereocenters. The Morgan fingerprint density at radius 2 is 1.92 bits per heavy atom. The van der Waals surface area contributed by atoms with Gasteiger partial charge >= 0.3 is 0 Å². The molecule has 2 heteroatoms. The van der Waals surface area contributed by atoms with Crippen molar-refractivity contribution >= 4 is 5.91 Å². The summed E-state index contributed by atoms with van der Waals surface area (Å²) in [6, 6.07) is 0. The maximum atomic E-state index is 11.6. The van der Waals surface area contributed by atoms with Crippen LogP contribution in [0.1, 0.15) is 27.2 Å². The van der Waals surface area contributed by atoms with E-state index in [-0.39, 0.29) is 0 Å². The molecule has 1 saturated heterocycles. The Bertz CT molecular complexity index is 214. The van der Waals surface area contributed by atoms with E-state index in [9.17, 15) is 4.79 Å². The molecule has 2 aliphatic rings. The second kappa shape index (κ2) is 2.24. The zero-order valence-corrected chi connectivity index (χ0v) is 8.13. The number of hydrogen-bond acceptors (Lipinski definition) is 1. The van der Waals surface area contributed by atoms with Crippen LogP contribution in [0.3, 0.4) is 0 Å². The number of likely N-dealkylation sites (tertiary alicyclic amines) is 1. The monoisotopic (exact) mass is 167 g/mol. The van der Waals surface area contributed by atoms with Crippen molar-refractivity contribution in [3.63, 3.8) is 0 Å². The minimum atomic E-state index is 0.376. The van der Waals surface area contributed by atoms with Crippen LogP contribution < -0.4 is 0 Å². The third-order valence-electron chi connectivity index (χ3n) is 2.98. The lowest BCUT2D eigenvalue weighted by molar-refractivity contribution is -0.143. The van der Waals surface area contributed by atoms with Crippen LogP contribution in [0, 0.1) is 17.3 Å². The quantitative estimate of drug-likeness (QED) is 0.579. The second-order valence-electron chi connectivity index (χ2n) is 5.18. The standard InChI is InChI=1S/C10H17NO/c1-7-4-8(7)9(12)11-5-10(2,3)6-11/h7-8H,4-6H2,1-3H3/t7-,8-/m1/s1. The van der Waals surface area contributed by atoms with Crippen LogP contribution in [0.4, 0.5) is 0 Å². The van der Waals surface area contributed by atoms with Crippen LogP contribution in [-0.2, 0) is 4.79 Å². The molecule has 1 aliphatic carbocycles. The number of carbonyl (C=O) groups excluding carboxylic acids is 1. The molecule has 1 amide bonds. The topological polar surface area (TPSA) is 20.3 Å². The normalized spacial score (nSPS) is 37.4. The summed E-state index contributed by atoms with van der Waals surface area (Å²) in [6.07, 6.45) is 1.12. The van der Waals surface area contributed by atoms with Crippen molar-refractivity contribution < 1.29 is 4.79 Å². The number of rotatable bonds is 1. The summed E-state index contributed by atoms with van der Waals surface area (Å²) in [5, 5.41) is 0. The molecule has 2 nitrogen and oxygen atoms in total. The van der Waals surface area contributed by atoms with Crippen molar-refractivity contribution in [3.8, 4) is 0 Å². The lowest BCUT2D eigenvalue weighted by Gasteiger charge is -2.46. The third-order valence-corrected chi connectivity index (χ3v) is 2.98. The SMILES string of the molecule is C[C@@H]1C[C@H]1C(=O)N1CC(C)(C)C1. The van der Waals surface area contributed by atoms with Crippen LogP contribution in [-0.4, -0.2) is 23.9 Å². The molecule has 2 fully saturated rings. The van der Waals surface area contributed by atoms with Gasteiger partial charge in [0.25, 0.3) is 0 Å². The van der Waals surface area contributed by atoms with E-state index in [1.165, 1.54) is 0 Å². The van der Waals surface area contributed by atoms with Crippen LogP contribution >= 0.6 is 0 Å². The summed E-state index contributed by atoms with van der Waals surface area (Å²) in [5.74, 6) is 1.43. The number of amides is 1. The third kappa shape index (κ3) is 1.23. The zero-order valence-electron chi connectivity index (χ0n) is 8.13. The average molecular weight is 167 g/mol. The Hall–Kier alpha value is -0.530. The van der Waals surface area contributed by atoms with Crippen LogP contribution in [0.15, 0.2) is 0 Å². The van der Waals surface area contributed by atoms with Crippen molar-refractivity contribution in [2.45, 2.75) is 27.2 Å². The van der Waals surface area contributed by atoms with Gasteiger partial charge in [0.2, 0.25) is 5.91 Å². The van der Waals surface area contributed by atoms with E-state index in [2.05, 4.69) is 20.8 Å². The zero-order chi connectivity index (χ0) is 8.93. The first-order chi connectivity index (χ1) is 5.49. The largest absolute Gasteiger partial charge is 0.341 e. The summed E-state index contributed by atoms with van der Waals surface area (Å²) in [5.41, 5.74) is 0.383. The number of nitrogens with zero attached hydrogens (tertiary/aromatic N) is 1. The van der Waals surface area contributed by atoms with Gasteiger partial charge in [-0.05, 0) is 17.8 Å². The molecule has 1 aliphatic heterocycles. The molecule has 0 bridgehead atoms. The molecule has 0 aromatic rings. The van der Waals surface area contributed by atoms with Gasteiger partial charge in [0, 0.05) is 19.0 Å². The first kappa shape index (κ1) is 8.09. The number of hydrogen-bond donors (Lipinski definition) is 0. The second-order valence-corrected chi connectivity index (χ2v) is 5.18. The highest BCUT2D eigenvalue weighted by Gasteiger charge is 2.46. The molecule has 0 radical (unpaired) electrons. The lowest BCUT2D eigenvalue weighted by Crippen LogP contribution is -2.56. The molecule has 0 aromatic carbocycles. The summed E-state index contributed by atoms with van der Waals surface area (Å²) in [6.45, 7) is 8.53. The van der Waals surface area contributed by atoms with Crippen LogP contribution in [0.25, 0.3) is 0 Å². The molecule has 0 N–H and O–H groups in total. The van der Waals surface area contributed by atoms with E-state index < -0.39 is 0 Å².